The molecule has 3 saturated heterocycles. The number of carbonyl (C=O) groups is 9. The van der Waals surface area contributed by atoms with Gasteiger partial charge < -0.3 is 29.0 Å². The number of carbonyl (C=O) groups excluding carboxylic acids is 8. The van der Waals surface area contributed by atoms with Crippen LogP contribution in [0.15, 0.2) is 70.3 Å². The smallest absolute Gasteiger partial charge is 0.313 e. The van der Waals surface area contributed by atoms with Crippen molar-refractivity contribution < 1.29 is 61.8 Å². The van der Waals surface area contributed by atoms with E-state index in [4.69, 9.17) is 33.3 Å². The average molecular weight is 1500 g/mol. The highest BCUT2D eigenvalue weighted by Crippen LogP contribution is 2.82. The predicted octanol–water partition coefficient (Wildman–Crippen LogP) is 20.5. The van der Waals surface area contributed by atoms with Gasteiger partial charge in [0.25, 0.3) is 0 Å². The third kappa shape index (κ3) is 9.75. The van der Waals surface area contributed by atoms with Crippen LogP contribution in [-0.4, -0.2) is 68.9 Å². The molecule has 3 heterocycles. The van der Waals surface area contributed by atoms with Gasteiger partial charge in [0.2, 0.25) is 17.1 Å². The highest BCUT2D eigenvalue weighted by Gasteiger charge is 2.85. The van der Waals surface area contributed by atoms with Crippen LogP contribution in [0.1, 0.15) is 293 Å². The number of carboxylic acids is 1. The third-order valence-corrected chi connectivity index (χ3v) is 36.4. The molecule has 0 unspecified atom stereocenters. The Bertz CT molecular complexity index is 4430. The van der Waals surface area contributed by atoms with Crippen LogP contribution in [0.5, 0.6) is 0 Å². The van der Waals surface area contributed by atoms with Crippen LogP contribution in [0.4, 0.5) is 0 Å². The lowest BCUT2D eigenvalue weighted by Crippen LogP contribution is -2.79. The normalized spacial score (nSPS) is 48.8. The van der Waals surface area contributed by atoms with Crippen molar-refractivity contribution in [1.29, 1.82) is 0 Å². The summed E-state index contributed by atoms with van der Waals surface area (Å²) in [6, 6.07) is 0. The number of aliphatic carboxylic acids is 1. The molecule has 592 valence electrons. The Morgan fingerprint density at radius 1 is 0.450 bits per heavy atom. The molecule has 3 spiro atoms. The maximum atomic E-state index is 14.4. The largest absolute Gasteiger partial charge is 0.481 e. The summed E-state index contributed by atoms with van der Waals surface area (Å²) in [5, 5.41) is 10.5. The minimum absolute atomic E-state index is 0. The van der Waals surface area contributed by atoms with Gasteiger partial charge in [0.05, 0.1) is 41.4 Å². The summed E-state index contributed by atoms with van der Waals surface area (Å²) >= 11 is 0. The number of nitrogens with zero attached hydrogens (tertiary/aromatic N) is 3. The number of fused-ring (bicyclic) bond motifs is 16. The second kappa shape index (κ2) is 24.9. The molecular formula is C94H129N3O12. The minimum Gasteiger partial charge on any atom is -0.481 e. The zero-order chi connectivity index (χ0) is 82.6. The van der Waals surface area contributed by atoms with E-state index in [0.29, 0.717) is 19.3 Å². The van der Waals surface area contributed by atoms with Gasteiger partial charge in [-0.2, -0.15) is 0 Å². The van der Waals surface area contributed by atoms with E-state index >= 15 is 0 Å². The molecule has 109 heavy (non-hydrogen) atoms. The SMILES string of the molecule is C.[3H]C.[3H]C.[3H]C.[C-]#[N+]C1=C[C@]2(C)C3=CC(=O)[C@@H]4[C@@H]5CC(C)(C)CC[C@]5(C(=O)O)CC[C@@]4(C)[C@]3(C)CC[C@H]2[C@H](C)C1=O.[C-]#[N+]C1=C[C@]2(C)C3=CC(=O)[C@@]4(C)[C@@H]5CC(C)(C)CC[C@]56CC[C@]4(OC6=O)[C@]3(C)CC[C@H]2[C@H](C)C1=O.[C-]#[N+]C1=C[C@]2(C)C3=CC(=O)[C@]45OC(=O)[C@@]6(CCC(C)(C)C[C@H]64)CC[C@@]5(C)[C@]3(C)CC[C@H]2[C@H](C)C1=O. The van der Waals surface area contributed by atoms with Crippen LogP contribution in [-0.2, 0) is 52.6 Å². The second-order valence-electron chi connectivity index (χ2n) is 41.8. The molecule has 0 aromatic heterocycles. The van der Waals surface area contributed by atoms with Gasteiger partial charge in [0.1, 0.15) is 5.60 Å². The zero-order valence-corrected chi connectivity index (χ0v) is 68.9. The molecule has 12 fully saturated rings. The number of ketones is 6. The van der Waals surface area contributed by atoms with E-state index in [9.17, 15) is 48.3 Å². The third-order valence-electron chi connectivity index (χ3n) is 36.4. The number of Topliss-reactive ketones (excluding diaryl/α,β-unsaturated/α-hetero) is 3. The van der Waals surface area contributed by atoms with Gasteiger partial charge in [-0.3, -0.25) is 28.8 Å². The molecule has 18 aliphatic rings. The van der Waals surface area contributed by atoms with E-state index in [1.54, 1.807) is 0 Å². The Hall–Kier alpha value is -6.66. The lowest BCUT2D eigenvalue weighted by molar-refractivity contribution is -0.300. The first-order valence-corrected chi connectivity index (χ1v) is 40.1. The summed E-state index contributed by atoms with van der Waals surface area (Å²) in [5.41, 5.74) is -4.53. The molecule has 4 bridgehead atoms. The van der Waals surface area contributed by atoms with Crippen molar-refractivity contribution in [2.45, 2.75) is 300 Å². The molecule has 15 nitrogen and oxygen atoms in total. The number of hydrogen-bond acceptors (Lipinski definition) is 11. The number of esters is 2. The Kier molecular flexibility index (Phi) is 18.1. The molecule has 9 saturated carbocycles. The minimum atomic E-state index is -1.12. The van der Waals surface area contributed by atoms with Crippen LogP contribution in [0.2, 0.25) is 0 Å². The summed E-state index contributed by atoms with van der Waals surface area (Å²) in [6.07, 6.45) is 28.1. The van der Waals surface area contributed by atoms with Crippen molar-refractivity contribution in [3.63, 3.8) is 0 Å². The molecule has 0 aromatic carbocycles. The van der Waals surface area contributed by atoms with Gasteiger partial charge in [-0.1, -0.05) is 177 Å². The Morgan fingerprint density at radius 3 is 1.31 bits per heavy atom. The summed E-state index contributed by atoms with van der Waals surface area (Å²) in [7, 11) is 3.75. The van der Waals surface area contributed by atoms with Crippen molar-refractivity contribution in [2.24, 2.45) is 140 Å². The fraction of sp³-hybridized carbons (Fsp3) is 0.745. The van der Waals surface area contributed by atoms with Crippen molar-refractivity contribution in [3.05, 3.63) is 105 Å². The second-order valence-corrected chi connectivity index (χ2v) is 41.8. The Labute approximate surface area is 656 Å². The first-order valence-electron chi connectivity index (χ1n) is 43.1. The summed E-state index contributed by atoms with van der Waals surface area (Å²) in [4.78, 5) is 133. The topological polar surface area (TPSA) is 205 Å². The predicted molar refractivity (Wildman–Crippen MR) is 421 cm³/mol. The van der Waals surface area contributed by atoms with Crippen molar-refractivity contribution >= 4 is 52.6 Å². The maximum Gasteiger partial charge on any atom is 0.313 e. The number of carboxylic acid groups (broad SMARTS) is 1. The van der Waals surface area contributed by atoms with Crippen molar-refractivity contribution in [2.75, 3.05) is 0 Å². The van der Waals surface area contributed by atoms with Crippen LogP contribution in [0, 0.1) is 160 Å². The van der Waals surface area contributed by atoms with E-state index in [1.807, 2.05) is 57.2 Å². The molecule has 15 aliphatic carbocycles. The van der Waals surface area contributed by atoms with Crippen molar-refractivity contribution in [3.8, 4) is 0 Å². The zero-order valence-electron chi connectivity index (χ0n) is 71.9. The van der Waals surface area contributed by atoms with E-state index in [0.717, 1.165) is 132 Å². The molecule has 1 N–H and O–H groups in total. The molecule has 0 amide bonds. The van der Waals surface area contributed by atoms with Gasteiger partial charge in [-0.05, 0) is 228 Å². The van der Waals surface area contributed by atoms with Gasteiger partial charge in [-0.25, -0.2) is 14.5 Å². The Balaban J connectivity index is 0.000000160. The van der Waals surface area contributed by atoms with E-state index in [-0.39, 0.29) is 163 Å². The molecule has 15 heteroatoms. The number of rotatable bonds is 1. The van der Waals surface area contributed by atoms with Crippen molar-refractivity contribution in [1.82, 2.24) is 0 Å². The summed E-state index contributed by atoms with van der Waals surface area (Å²) < 4.78 is 30.3. The van der Waals surface area contributed by atoms with Gasteiger partial charge >= 0.3 is 17.9 Å². The highest BCUT2D eigenvalue weighted by atomic mass is 16.6. The number of ether oxygens (including phenoxy) is 2. The van der Waals surface area contributed by atoms with E-state index in [1.165, 1.54) is 22.2 Å². The van der Waals surface area contributed by atoms with Gasteiger partial charge in [0, 0.05) is 60.8 Å². The quantitative estimate of drug-likeness (QED) is 0.192. The fourth-order valence-electron chi connectivity index (χ4n) is 29.8. The maximum absolute atomic E-state index is 14.4. The first kappa shape index (κ1) is 79.0. The standard InChI is InChI=1S/2C30H37NO4.C30H39NO4.4CH4/c1-17-18-8-9-27(5)20(26(18,4)15-19(31-7)23(17)33)14-22(32)30-21-16-25(2,3)10-12-29(21,24(34)35-30)13-11-28(27,30)6;1-17-18-8-9-27(5)20(26(18,4)15-19(31-7)23(17)33)14-22(32)28(6)21-16-25(2,3)10-11-29(21)12-13-30(27,28)35-24(29)34;1-17-18-8-9-28(5)22(27(18,4)16-20(31-7)24(17)33)14-21(32)23-19-15-26(2,3)10-12-30(19,25(34)35)13-11-29(23,28)6;;;;/h2*14-15,17-18,21H,8-13,16H2,1-6H3;14,16-19,23H,8-13,15H2,1-6H3,(H,34,35);4*1H4/t17-,18-,21+,26-,27+,28-,29-,30+;17-,18-,21-,26-,27+,28+,29-,30-;17-,18-,19-,23-,27-,28+,29+,30-;;;;/m000..../s1/i;;;3*1T;. The molecule has 24 atom stereocenters. The molecular weight excluding hydrogens is 1360 g/mol. The lowest BCUT2D eigenvalue weighted by atomic mass is 9.32. The van der Waals surface area contributed by atoms with E-state index < -0.39 is 65.9 Å². The molecule has 0 aromatic rings. The van der Waals surface area contributed by atoms with Crippen LogP contribution in [0.25, 0.3) is 14.5 Å². The van der Waals surface area contributed by atoms with Gasteiger partial charge in [0.15, 0.2) is 40.3 Å². The van der Waals surface area contributed by atoms with Gasteiger partial charge in [-0.15, -0.1) is 0 Å². The highest BCUT2D eigenvalue weighted by molar-refractivity contribution is 6.07. The molecule has 18 rings (SSSR count). The van der Waals surface area contributed by atoms with Crippen LogP contribution < -0.4 is 0 Å². The molecule has 3 aliphatic heterocycles. The summed E-state index contributed by atoms with van der Waals surface area (Å²) in [5.74, 6) is -2.33. The first-order chi connectivity index (χ1) is 51.6. The number of allylic oxidation sites excluding steroid dienone is 10. The van der Waals surface area contributed by atoms with Crippen LogP contribution in [0.3, 0.4) is 0 Å². The fourth-order valence-corrected chi connectivity index (χ4v) is 29.8. The lowest BCUT2D eigenvalue weighted by Gasteiger charge is -2.74. The Morgan fingerprint density at radius 2 is 0.835 bits per heavy atom. The molecule has 0 radical (unpaired) electrons. The van der Waals surface area contributed by atoms with E-state index in [2.05, 4.69) is 118 Å². The van der Waals surface area contributed by atoms with Crippen LogP contribution >= 0.6 is 0 Å². The number of hydrogen-bond donors (Lipinski definition) is 1. The monoisotopic (exact) mass is 1500 g/mol. The average Bonchev–Trinajstić information content (AvgIpc) is 1.30. The summed E-state index contributed by atoms with van der Waals surface area (Å²) in [6.45, 7) is 61.8.